The number of aromatic nitrogens is 5. The predicted octanol–water partition coefficient (Wildman–Crippen LogP) is 2.58. The number of nitrogens with zero attached hydrogens (tertiary/aromatic N) is 6. The van der Waals surface area contributed by atoms with E-state index in [9.17, 15) is 4.79 Å². The molecule has 1 aliphatic carbocycles. The van der Waals surface area contributed by atoms with Crippen LogP contribution in [0, 0.1) is 17.8 Å². The van der Waals surface area contributed by atoms with Crippen molar-refractivity contribution < 1.29 is 9.53 Å². The van der Waals surface area contributed by atoms with E-state index in [1.165, 1.54) is 0 Å². The number of hydrogen-bond donors (Lipinski definition) is 0. The molecule has 1 aliphatic heterocycles. The van der Waals surface area contributed by atoms with E-state index in [4.69, 9.17) is 4.74 Å². The number of ether oxygens (including phenoxy) is 1. The van der Waals surface area contributed by atoms with Gasteiger partial charge in [0, 0.05) is 51.8 Å². The van der Waals surface area contributed by atoms with Gasteiger partial charge in [0.15, 0.2) is 0 Å². The molecule has 2 aromatic heterocycles. The molecule has 0 unspecified atom stereocenters. The largest absolute Gasteiger partial charge is 0.379 e. The third-order valence-corrected chi connectivity index (χ3v) is 6.59. The lowest BCUT2D eigenvalue weighted by Crippen LogP contribution is -2.37. The highest BCUT2D eigenvalue weighted by atomic mass is 16.5. The summed E-state index contributed by atoms with van der Waals surface area (Å²) >= 11 is 0. The van der Waals surface area contributed by atoms with E-state index in [0.717, 1.165) is 51.0 Å². The number of methoxy groups -OCH3 is 1. The predicted molar refractivity (Wildman–Crippen MR) is 113 cm³/mol. The monoisotopic (exact) mass is 414 g/mol. The van der Waals surface area contributed by atoms with E-state index in [0.29, 0.717) is 24.2 Å². The van der Waals surface area contributed by atoms with Gasteiger partial charge in [0.1, 0.15) is 0 Å². The molecule has 30 heavy (non-hydrogen) atoms. The second-order valence-corrected chi connectivity index (χ2v) is 9.29. The van der Waals surface area contributed by atoms with E-state index in [2.05, 4.69) is 40.4 Å². The summed E-state index contributed by atoms with van der Waals surface area (Å²) in [7, 11) is 1.79. The van der Waals surface area contributed by atoms with Crippen molar-refractivity contribution in [1.29, 1.82) is 0 Å². The molecule has 2 aromatic rings. The van der Waals surface area contributed by atoms with Crippen LogP contribution in [0.4, 0.5) is 0 Å². The number of aryl methyl sites for hydroxylation is 1. The second kappa shape index (κ2) is 9.29. The van der Waals surface area contributed by atoms with Crippen molar-refractivity contribution in [2.45, 2.75) is 64.6 Å². The van der Waals surface area contributed by atoms with E-state index in [1.54, 1.807) is 13.3 Å². The Bertz CT molecular complexity index is 817. The first-order chi connectivity index (χ1) is 14.5. The van der Waals surface area contributed by atoms with Gasteiger partial charge in [-0.1, -0.05) is 19.1 Å². The average Bonchev–Trinajstić information content (AvgIpc) is 3.46. The Hall–Kier alpha value is -2.22. The van der Waals surface area contributed by atoms with Gasteiger partial charge in [-0.25, -0.2) is 4.68 Å². The number of carbonyl (C=O) groups excluding carboxylic acids is 1. The zero-order valence-corrected chi connectivity index (χ0v) is 18.4. The van der Waals surface area contributed by atoms with Crippen molar-refractivity contribution in [1.82, 2.24) is 29.7 Å². The molecule has 0 N–H and O–H groups in total. The van der Waals surface area contributed by atoms with E-state index in [-0.39, 0.29) is 18.1 Å². The fourth-order valence-electron chi connectivity index (χ4n) is 5.10. The Morgan fingerprint density at radius 1 is 1.27 bits per heavy atom. The van der Waals surface area contributed by atoms with Crippen molar-refractivity contribution in [2.24, 2.45) is 17.8 Å². The fraction of sp³-hybridized carbons (Fsp3) is 0.727. The van der Waals surface area contributed by atoms with E-state index >= 15 is 0 Å². The van der Waals surface area contributed by atoms with Gasteiger partial charge in [0.2, 0.25) is 5.91 Å². The van der Waals surface area contributed by atoms with Crippen molar-refractivity contribution in [2.75, 3.05) is 20.2 Å². The van der Waals surface area contributed by atoms with Crippen molar-refractivity contribution >= 4 is 5.91 Å². The standard InChI is InChI=1S/C22H34N6O2/c1-16(2)10-19-15-28(25-24-19)20-11-17-13-26(14-18(17)12-21(20)30-3)22(29)6-4-8-27-9-5-7-23-27/h5,7,9,15-18,20-21H,4,6,8,10-14H2,1-3H3/t17-,18+,20-,21-/m1/s1. The van der Waals surface area contributed by atoms with Crippen LogP contribution in [0.5, 0.6) is 0 Å². The second-order valence-electron chi connectivity index (χ2n) is 9.29. The zero-order valence-electron chi connectivity index (χ0n) is 18.4. The van der Waals surface area contributed by atoms with Crippen LogP contribution in [0.15, 0.2) is 24.7 Å². The quantitative estimate of drug-likeness (QED) is 0.663. The van der Waals surface area contributed by atoms with Gasteiger partial charge in [-0.05, 0) is 49.5 Å². The summed E-state index contributed by atoms with van der Waals surface area (Å²) in [5, 5.41) is 13.0. The molecular formula is C22H34N6O2. The topological polar surface area (TPSA) is 78.1 Å². The van der Waals surface area contributed by atoms with Gasteiger partial charge in [-0.2, -0.15) is 5.10 Å². The summed E-state index contributed by atoms with van der Waals surface area (Å²) in [6.07, 6.45) is 10.2. The lowest BCUT2D eigenvalue weighted by Gasteiger charge is -2.36. The number of rotatable bonds is 8. The van der Waals surface area contributed by atoms with Crippen LogP contribution in [-0.4, -0.2) is 61.9 Å². The van der Waals surface area contributed by atoms with Crippen LogP contribution in [-0.2, 0) is 22.5 Å². The first-order valence-corrected chi connectivity index (χ1v) is 11.2. The van der Waals surface area contributed by atoms with Crippen LogP contribution in [0.3, 0.4) is 0 Å². The SMILES string of the molecule is CO[C@@H]1C[C@H]2CN(C(=O)CCCn3cccn3)C[C@H]2C[C@H]1n1cc(CC(C)C)nn1. The van der Waals surface area contributed by atoms with Crippen LogP contribution >= 0.6 is 0 Å². The smallest absolute Gasteiger partial charge is 0.222 e. The molecule has 4 rings (SSSR count). The first kappa shape index (κ1) is 21.0. The summed E-state index contributed by atoms with van der Waals surface area (Å²) in [6.45, 7) is 6.89. The Labute approximate surface area is 178 Å². The normalized spacial score (nSPS) is 26.3. The summed E-state index contributed by atoms with van der Waals surface area (Å²) in [4.78, 5) is 14.8. The number of carbonyl (C=O) groups is 1. The van der Waals surface area contributed by atoms with Crippen LogP contribution < -0.4 is 0 Å². The average molecular weight is 415 g/mol. The highest BCUT2D eigenvalue weighted by Gasteiger charge is 2.44. The molecular weight excluding hydrogens is 380 g/mol. The molecule has 3 heterocycles. The first-order valence-electron chi connectivity index (χ1n) is 11.2. The maximum absolute atomic E-state index is 12.8. The molecule has 2 fully saturated rings. The van der Waals surface area contributed by atoms with E-state index < -0.39 is 0 Å². The fourth-order valence-corrected chi connectivity index (χ4v) is 5.10. The number of fused-ring (bicyclic) bond motifs is 1. The minimum absolute atomic E-state index is 0.120. The zero-order chi connectivity index (χ0) is 21.1. The molecule has 164 valence electrons. The van der Waals surface area contributed by atoms with Gasteiger partial charge < -0.3 is 9.64 Å². The van der Waals surface area contributed by atoms with Crippen LogP contribution in [0.25, 0.3) is 0 Å². The van der Waals surface area contributed by atoms with Gasteiger partial charge in [-0.15, -0.1) is 5.10 Å². The maximum atomic E-state index is 12.8. The summed E-state index contributed by atoms with van der Waals surface area (Å²) < 4.78 is 9.75. The Morgan fingerprint density at radius 2 is 2.07 bits per heavy atom. The molecule has 1 saturated heterocycles. The number of likely N-dealkylation sites (tertiary alicyclic amines) is 1. The molecule has 1 saturated carbocycles. The van der Waals surface area contributed by atoms with Gasteiger partial charge in [0.05, 0.1) is 17.8 Å². The molecule has 0 radical (unpaired) electrons. The van der Waals surface area contributed by atoms with Crippen molar-refractivity contribution in [3.05, 3.63) is 30.4 Å². The summed E-state index contributed by atoms with van der Waals surface area (Å²) in [5.74, 6) is 1.85. The molecule has 1 amide bonds. The minimum Gasteiger partial charge on any atom is -0.379 e. The number of amides is 1. The third-order valence-electron chi connectivity index (χ3n) is 6.59. The number of hydrogen-bond acceptors (Lipinski definition) is 5. The van der Waals surface area contributed by atoms with Crippen molar-refractivity contribution in [3.8, 4) is 0 Å². The van der Waals surface area contributed by atoms with Gasteiger partial charge in [0.25, 0.3) is 0 Å². The van der Waals surface area contributed by atoms with E-state index in [1.807, 2.05) is 21.6 Å². The van der Waals surface area contributed by atoms with Crippen molar-refractivity contribution in [3.63, 3.8) is 0 Å². The van der Waals surface area contributed by atoms with Crippen LogP contribution in [0.2, 0.25) is 0 Å². The molecule has 4 atom stereocenters. The molecule has 0 aromatic carbocycles. The molecule has 0 bridgehead atoms. The Kier molecular flexibility index (Phi) is 6.51. The molecule has 8 heteroatoms. The Balaban J connectivity index is 1.34. The molecule has 0 spiro atoms. The summed E-state index contributed by atoms with van der Waals surface area (Å²) in [5.41, 5.74) is 1.04. The highest BCUT2D eigenvalue weighted by Crippen LogP contribution is 2.42. The van der Waals surface area contributed by atoms with Gasteiger partial charge in [-0.3, -0.25) is 9.48 Å². The summed E-state index contributed by atoms with van der Waals surface area (Å²) in [6, 6.07) is 2.11. The third kappa shape index (κ3) is 4.74. The lowest BCUT2D eigenvalue weighted by atomic mass is 9.77. The van der Waals surface area contributed by atoms with Crippen LogP contribution in [0.1, 0.15) is 51.3 Å². The minimum atomic E-state index is 0.120. The molecule has 8 nitrogen and oxygen atoms in total. The van der Waals surface area contributed by atoms with Gasteiger partial charge >= 0.3 is 0 Å². The lowest BCUT2D eigenvalue weighted by molar-refractivity contribution is -0.130. The highest BCUT2D eigenvalue weighted by molar-refractivity contribution is 5.76. The maximum Gasteiger partial charge on any atom is 0.222 e. The molecule has 2 aliphatic rings. The Morgan fingerprint density at radius 3 is 2.77 bits per heavy atom.